The second-order valence-corrected chi connectivity index (χ2v) is 8.94. The molecule has 4 rings (SSSR count). The number of hydrogen-bond acceptors (Lipinski definition) is 7. The van der Waals surface area contributed by atoms with Gasteiger partial charge in [-0.1, -0.05) is 30.3 Å². The first kappa shape index (κ1) is 22.4. The average molecular weight is 446 g/mol. The molecule has 10 nitrogen and oxygen atoms in total. The minimum Gasteiger partial charge on any atom is -0.748 e. The molecule has 0 spiro atoms. The molecular weight excluding hydrogens is 422 g/mol. The van der Waals surface area contributed by atoms with Gasteiger partial charge in [0, 0.05) is 28.9 Å². The summed E-state index contributed by atoms with van der Waals surface area (Å²) in [7, 11) is -4.37. The van der Waals surface area contributed by atoms with Gasteiger partial charge in [0.25, 0.3) is 0 Å². The highest BCUT2D eigenvalue weighted by atomic mass is 32.2. The summed E-state index contributed by atoms with van der Waals surface area (Å²) in [5, 5.41) is 9.24. The summed E-state index contributed by atoms with van der Waals surface area (Å²) in [6.45, 7) is 2.09. The van der Waals surface area contributed by atoms with Crippen molar-refractivity contribution in [1.82, 2.24) is 16.3 Å². The summed E-state index contributed by atoms with van der Waals surface area (Å²) >= 11 is 0. The Morgan fingerprint density at radius 1 is 1.13 bits per heavy atom. The Bertz CT molecular complexity index is 1170. The van der Waals surface area contributed by atoms with Gasteiger partial charge in [-0.05, 0) is 36.6 Å². The Morgan fingerprint density at radius 3 is 2.39 bits per heavy atom. The molecule has 0 radical (unpaired) electrons. The number of quaternary nitrogens is 1. The highest BCUT2D eigenvalue weighted by molar-refractivity contribution is 7.84. The van der Waals surface area contributed by atoms with Crippen molar-refractivity contribution in [1.29, 1.82) is 0 Å². The number of anilines is 2. The van der Waals surface area contributed by atoms with Gasteiger partial charge in [0.15, 0.2) is 5.82 Å². The molecule has 0 saturated heterocycles. The van der Waals surface area contributed by atoms with Crippen LogP contribution < -0.4 is 16.8 Å². The van der Waals surface area contributed by atoms with Gasteiger partial charge in [-0.2, -0.15) is 0 Å². The molecule has 0 atom stereocenters. The lowest BCUT2D eigenvalue weighted by Crippen LogP contribution is -2.19. The molecule has 2 heterocycles. The van der Waals surface area contributed by atoms with Crippen molar-refractivity contribution in [2.24, 2.45) is 0 Å². The van der Waals surface area contributed by atoms with Gasteiger partial charge in [0.2, 0.25) is 0 Å². The maximum Gasteiger partial charge on any atom is 0.324 e. The summed E-state index contributed by atoms with van der Waals surface area (Å²) < 4.78 is 37.7. The van der Waals surface area contributed by atoms with E-state index >= 15 is 0 Å². The average Bonchev–Trinajstić information content (AvgIpc) is 3.25. The number of carbonyl (C=O) groups is 1. The van der Waals surface area contributed by atoms with Crippen molar-refractivity contribution >= 4 is 27.7 Å². The molecule has 1 fully saturated rings. The summed E-state index contributed by atoms with van der Waals surface area (Å²) in [6, 6.07) is 11.5. The zero-order valence-electron chi connectivity index (χ0n) is 17.1. The van der Waals surface area contributed by atoms with Crippen LogP contribution in [0.4, 0.5) is 16.3 Å². The topological polar surface area (TPSA) is 174 Å². The molecule has 1 aromatic carbocycles. The molecule has 1 aliphatic carbocycles. The second-order valence-electron chi connectivity index (χ2n) is 7.53. The fourth-order valence-corrected chi connectivity index (χ4v) is 3.47. The van der Waals surface area contributed by atoms with E-state index in [1.165, 1.54) is 12.3 Å². The van der Waals surface area contributed by atoms with Crippen LogP contribution in [-0.4, -0.2) is 29.1 Å². The lowest BCUT2D eigenvalue weighted by Gasteiger charge is -2.08. The lowest BCUT2D eigenvalue weighted by molar-refractivity contribution is 0.262. The van der Waals surface area contributed by atoms with Crippen LogP contribution in [0.25, 0.3) is 11.1 Å². The third-order valence-corrected chi connectivity index (χ3v) is 5.62. The quantitative estimate of drug-likeness (QED) is 0.483. The Hall–Kier alpha value is -3.28. The van der Waals surface area contributed by atoms with Crippen molar-refractivity contribution < 1.29 is 22.3 Å². The molecule has 11 heteroatoms. The van der Waals surface area contributed by atoms with Crippen molar-refractivity contribution in [2.45, 2.75) is 30.9 Å². The number of amides is 2. The zero-order chi connectivity index (χ0) is 21.4. The fourth-order valence-electron chi connectivity index (χ4n) is 2.94. The van der Waals surface area contributed by atoms with Crippen molar-refractivity contribution in [3.63, 3.8) is 0 Å². The molecule has 2 amide bonds. The molecule has 31 heavy (non-hydrogen) atoms. The Morgan fingerprint density at radius 2 is 1.81 bits per heavy atom. The number of aromatic nitrogens is 2. The fraction of sp³-hybridized carbons (Fsp3) is 0.250. The third kappa shape index (κ3) is 5.66. The minimum absolute atomic E-state index is 0. The van der Waals surface area contributed by atoms with E-state index in [0.29, 0.717) is 11.5 Å². The van der Waals surface area contributed by atoms with Crippen LogP contribution in [0.15, 0.2) is 53.2 Å². The summed E-state index contributed by atoms with van der Waals surface area (Å²) in [4.78, 5) is 16.2. The van der Waals surface area contributed by atoms with Crippen LogP contribution in [-0.2, 0) is 21.3 Å². The first-order valence-electron chi connectivity index (χ1n) is 9.24. The molecule has 1 saturated carbocycles. The Balaban J connectivity index is 0.00000272. The van der Waals surface area contributed by atoms with Crippen LogP contribution >= 0.6 is 0 Å². The van der Waals surface area contributed by atoms with E-state index in [-0.39, 0.29) is 17.3 Å². The van der Waals surface area contributed by atoms with Gasteiger partial charge >= 0.3 is 6.03 Å². The smallest absolute Gasteiger partial charge is 0.324 e. The molecule has 0 unspecified atom stereocenters. The number of pyridine rings is 1. The number of urea groups is 1. The van der Waals surface area contributed by atoms with Crippen LogP contribution in [0.1, 0.15) is 31.2 Å². The van der Waals surface area contributed by atoms with E-state index < -0.39 is 21.9 Å². The monoisotopic (exact) mass is 445 g/mol. The van der Waals surface area contributed by atoms with E-state index in [1.54, 1.807) is 36.4 Å². The highest BCUT2D eigenvalue weighted by Gasteiger charge is 2.42. The van der Waals surface area contributed by atoms with Crippen molar-refractivity contribution in [3.8, 4) is 11.1 Å². The van der Waals surface area contributed by atoms with Gasteiger partial charge < -0.3 is 20.5 Å². The predicted molar refractivity (Wildman–Crippen MR) is 115 cm³/mol. The largest absolute Gasteiger partial charge is 0.748 e. The lowest BCUT2D eigenvalue weighted by atomic mass is 10.1. The number of rotatable bonds is 6. The number of benzene rings is 1. The molecule has 6 N–H and O–H groups in total. The van der Waals surface area contributed by atoms with Crippen LogP contribution in [0.5, 0.6) is 0 Å². The van der Waals surface area contributed by atoms with Crippen LogP contribution in [0.3, 0.4) is 0 Å². The predicted octanol–water partition coefficient (Wildman–Crippen LogP) is 3.85. The van der Waals surface area contributed by atoms with E-state index in [0.717, 1.165) is 29.7 Å². The van der Waals surface area contributed by atoms with E-state index in [9.17, 15) is 17.8 Å². The van der Waals surface area contributed by atoms with Crippen LogP contribution in [0, 0.1) is 0 Å². The summed E-state index contributed by atoms with van der Waals surface area (Å²) in [6.07, 6.45) is 3.60. The maximum atomic E-state index is 12.2. The molecule has 0 bridgehead atoms. The molecule has 2 aromatic heterocycles. The van der Waals surface area contributed by atoms with Gasteiger partial charge in [0.1, 0.15) is 15.9 Å². The van der Waals surface area contributed by atoms with Gasteiger partial charge in [-0.25, -0.2) is 13.2 Å². The highest BCUT2D eigenvalue weighted by Crippen LogP contribution is 2.48. The van der Waals surface area contributed by atoms with Gasteiger partial charge in [-0.3, -0.25) is 10.3 Å². The summed E-state index contributed by atoms with van der Waals surface area (Å²) in [5.74, 6) is 0.491. The number of carbonyl (C=O) groups excluding carboxylic acids is 1. The Kier molecular flexibility index (Phi) is 6.11. The number of nitrogens with one attached hydrogen (secondary N) is 2. The number of nitrogens with zero attached hydrogens (tertiary/aromatic N) is 2. The Labute approximate surface area is 179 Å². The first-order valence-corrected chi connectivity index (χ1v) is 10.8. The molecule has 3 aromatic rings. The minimum atomic E-state index is -4.37. The SMILES string of the molecule is CC1(c2cc(NC(=O)Nc3ccc(-c4ccc(CS(=O)(=O)[O-])nc4)cc3)no2)CC1.[NH4+]. The molecular formula is C20H23N5O5S. The molecule has 1 aliphatic rings. The number of hydrogen-bond donors (Lipinski definition) is 3. The van der Waals surface area contributed by atoms with Crippen molar-refractivity contribution in [3.05, 3.63) is 60.1 Å². The van der Waals surface area contributed by atoms with Crippen LogP contribution in [0.2, 0.25) is 0 Å². The molecule has 164 valence electrons. The maximum absolute atomic E-state index is 12.2. The van der Waals surface area contributed by atoms with Gasteiger partial charge in [-0.15, -0.1) is 0 Å². The second kappa shape index (κ2) is 8.46. The standard InChI is InChI=1S/C20H20N4O5S.H3N/c1-20(8-9-20)17-10-18(24-29-17)23-19(25)22-15-5-2-13(3-6-15)14-4-7-16(21-11-14)12-30(26,27)28;/h2-7,10-11H,8-9,12H2,1H3,(H,26,27,28)(H2,22,23,24,25);1H3. The molecule has 0 aliphatic heterocycles. The normalized spacial score (nSPS) is 14.4. The van der Waals surface area contributed by atoms with E-state index in [2.05, 4.69) is 27.7 Å². The van der Waals surface area contributed by atoms with E-state index in [1.807, 2.05) is 0 Å². The third-order valence-electron chi connectivity index (χ3n) is 4.97. The zero-order valence-corrected chi connectivity index (χ0v) is 17.9. The van der Waals surface area contributed by atoms with E-state index in [4.69, 9.17) is 4.52 Å². The first-order chi connectivity index (χ1) is 14.2. The van der Waals surface area contributed by atoms with Crippen molar-refractivity contribution in [2.75, 3.05) is 10.6 Å². The van der Waals surface area contributed by atoms with Gasteiger partial charge in [0.05, 0.1) is 11.4 Å². The summed E-state index contributed by atoms with van der Waals surface area (Å²) in [5.41, 5.74) is 2.38.